The van der Waals surface area contributed by atoms with Crippen molar-refractivity contribution in [1.82, 2.24) is 0 Å². The third-order valence-electron chi connectivity index (χ3n) is 17.3. The summed E-state index contributed by atoms with van der Waals surface area (Å²) in [5, 5.41) is 12.3. The number of esters is 3. The molecule has 3 aliphatic rings. The molecule has 10 rings (SSSR count). The molecule has 3 fully saturated rings. The highest BCUT2D eigenvalue weighted by atomic mass is 16.8. The van der Waals surface area contributed by atoms with Crippen LogP contribution in [0.3, 0.4) is 0 Å². The van der Waals surface area contributed by atoms with Crippen molar-refractivity contribution in [3.05, 3.63) is 251 Å². The number of aliphatic hydroxyl groups is 1. The van der Waals surface area contributed by atoms with Crippen molar-refractivity contribution >= 4 is 17.9 Å². The quantitative estimate of drug-likeness (QED) is 0.0316. The lowest BCUT2D eigenvalue weighted by atomic mass is 9.93. The van der Waals surface area contributed by atoms with Crippen molar-refractivity contribution in [2.75, 3.05) is 19.8 Å². The highest BCUT2D eigenvalue weighted by Crippen LogP contribution is 2.39. The van der Waals surface area contributed by atoms with E-state index < -0.39 is 139 Å². The first-order valence-corrected chi connectivity index (χ1v) is 34.7. The van der Waals surface area contributed by atoms with Crippen LogP contribution in [0.15, 0.2) is 212 Å². The van der Waals surface area contributed by atoms with Gasteiger partial charge in [-0.3, -0.25) is 14.4 Å². The number of ether oxygens (including phenoxy) is 15. The SMILES string of the molecule is CC(C)(C)C(=O)O[C@@H]1[C@@H](OC(=O)C(C)(C)C)[C@H](OC[C@H]2O[C@H](O)[C@H](OCc3ccccc3)[C@@H](OCc3ccccc3)[C@@H]2OCc2ccccc2)O[C@H](CO[C@H]2O[C@H](COCc3ccccc3)[C@@H](OCc3ccccc3)[C@H](OCc3ccccc3)[C@H]2OCc2ccccc2)[C@H]1OC(=O)C(C)(C)C. The molecule has 0 aromatic heterocycles. The van der Waals surface area contributed by atoms with Crippen molar-refractivity contribution in [2.45, 2.75) is 201 Å². The van der Waals surface area contributed by atoms with Crippen LogP contribution in [0.1, 0.15) is 101 Å². The molecule has 540 valence electrons. The minimum absolute atomic E-state index is 0.00414. The van der Waals surface area contributed by atoms with Crippen molar-refractivity contribution < 1.29 is 90.5 Å². The van der Waals surface area contributed by atoms with Crippen LogP contribution in [0.4, 0.5) is 0 Å². The molecule has 0 unspecified atom stereocenters. The fraction of sp³-hybridized carbons (Fsp3) is 0.451. The second kappa shape index (κ2) is 36.5. The zero-order chi connectivity index (χ0) is 71.4. The Labute approximate surface area is 593 Å². The third kappa shape index (κ3) is 22.2. The highest BCUT2D eigenvalue weighted by Gasteiger charge is 2.57. The maximum absolute atomic E-state index is 14.7. The van der Waals surface area contributed by atoms with Crippen LogP contribution >= 0.6 is 0 Å². The number of hydrogen-bond acceptors (Lipinski definition) is 19. The molecule has 0 spiro atoms. The van der Waals surface area contributed by atoms with E-state index in [0.29, 0.717) is 0 Å². The van der Waals surface area contributed by atoms with Crippen LogP contribution in [-0.4, -0.2) is 135 Å². The van der Waals surface area contributed by atoms with E-state index in [1.807, 2.05) is 212 Å². The lowest BCUT2D eigenvalue weighted by Gasteiger charge is -2.48. The number of rotatable bonds is 31. The molecule has 1 N–H and O–H groups in total. The van der Waals surface area contributed by atoms with Gasteiger partial charge in [-0.25, -0.2) is 0 Å². The van der Waals surface area contributed by atoms with Crippen molar-refractivity contribution in [1.29, 1.82) is 0 Å². The topological polar surface area (TPSA) is 210 Å². The van der Waals surface area contributed by atoms with E-state index in [1.54, 1.807) is 62.3 Å². The van der Waals surface area contributed by atoms with Gasteiger partial charge < -0.3 is 76.2 Å². The van der Waals surface area contributed by atoms with Gasteiger partial charge in [-0.05, 0) is 101 Å². The first-order chi connectivity index (χ1) is 48.6. The molecule has 0 bridgehead atoms. The summed E-state index contributed by atoms with van der Waals surface area (Å²) < 4.78 is 102. The van der Waals surface area contributed by atoms with E-state index in [9.17, 15) is 19.5 Å². The molecule has 0 aliphatic carbocycles. The van der Waals surface area contributed by atoms with Gasteiger partial charge in [-0.15, -0.1) is 0 Å². The van der Waals surface area contributed by atoms with Gasteiger partial charge >= 0.3 is 17.9 Å². The molecule has 3 saturated heterocycles. The summed E-state index contributed by atoms with van der Waals surface area (Å²) in [4.78, 5) is 44.0. The van der Waals surface area contributed by atoms with E-state index >= 15 is 0 Å². The van der Waals surface area contributed by atoms with Crippen LogP contribution in [0.5, 0.6) is 0 Å². The van der Waals surface area contributed by atoms with Crippen LogP contribution in [0.2, 0.25) is 0 Å². The van der Waals surface area contributed by atoms with Gasteiger partial charge in [0.15, 0.2) is 37.2 Å². The number of aliphatic hydroxyl groups excluding tert-OH is 1. The Morgan fingerprint density at radius 1 is 0.287 bits per heavy atom. The van der Waals surface area contributed by atoms with E-state index in [4.69, 9.17) is 71.1 Å². The fourth-order valence-corrected chi connectivity index (χ4v) is 11.6. The largest absolute Gasteiger partial charge is 0.455 e. The molecule has 0 saturated carbocycles. The Hall–Kier alpha value is -7.57. The van der Waals surface area contributed by atoms with Gasteiger partial charge in [0.1, 0.15) is 54.9 Å². The van der Waals surface area contributed by atoms with Gasteiger partial charge in [0.25, 0.3) is 0 Å². The standard InChI is InChI=1S/C82H98O19/c1-80(2,3)77(84)99-67-64(54-94-75-72(93-51-61-43-29-16-30-44-61)69(91-49-59-39-25-14-26-40-59)65(88-46-56-33-19-11-20-34-56)62(97-75)52-87-45-55-31-17-10-18-32-55)98-76(73(101-79(86)82(7,8)9)70(67)100-78(85)81(4,5)6)95-53-63-66(89-47-57-35-21-12-22-36-57)68(90-48-58-37-23-13-24-38-58)71(74(83)96-63)92-50-60-41-27-15-28-42-60/h10-44,62-76,83H,45-54H2,1-9H3/t62-,63-,64-,65-,66-,67-,68+,69+,70+,71-,72-,73-,74+,75+,76-/m1/s1. The summed E-state index contributed by atoms with van der Waals surface area (Å²) in [6, 6.07) is 67.6. The number of carbonyl (C=O) groups is 3. The molecule has 7 aromatic carbocycles. The van der Waals surface area contributed by atoms with Crippen LogP contribution in [0, 0.1) is 16.2 Å². The Morgan fingerprint density at radius 2 is 0.545 bits per heavy atom. The molecule has 19 nitrogen and oxygen atoms in total. The number of hydrogen-bond donors (Lipinski definition) is 1. The third-order valence-corrected chi connectivity index (χ3v) is 17.3. The molecule has 101 heavy (non-hydrogen) atoms. The van der Waals surface area contributed by atoms with E-state index in [1.165, 1.54) is 0 Å². The molecular weight excluding hydrogens is 1290 g/mol. The minimum atomic E-state index is -1.67. The molecular formula is C82H98O19. The van der Waals surface area contributed by atoms with Gasteiger partial charge in [-0.2, -0.15) is 0 Å². The first-order valence-electron chi connectivity index (χ1n) is 34.7. The van der Waals surface area contributed by atoms with Crippen molar-refractivity contribution in [3.63, 3.8) is 0 Å². The number of carbonyl (C=O) groups excluding carboxylic acids is 3. The normalized spacial score (nSPS) is 25.6. The molecule has 0 amide bonds. The van der Waals surface area contributed by atoms with Crippen molar-refractivity contribution in [2.24, 2.45) is 16.2 Å². The Morgan fingerprint density at radius 3 is 0.891 bits per heavy atom. The van der Waals surface area contributed by atoms with Gasteiger partial charge in [0.05, 0.1) is 82.3 Å². The summed E-state index contributed by atoms with van der Waals surface area (Å²) in [5.41, 5.74) is 2.64. The average molecular weight is 1390 g/mol. The molecule has 19 heteroatoms. The predicted molar refractivity (Wildman–Crippen MR) is 374 cm³/mol. The second-order valence-electron chi connectivity index (χ2n) is 28.7. The van der Waals surface area contributed by atoms with Crippen LogP contribution in [0.25, 0.3) is 0 Å². The summed E-state index contributed by atoms with van der Waals surface area (Å²) in [7, 11) is 0. The average Bonchev–Trinajstić information content (AvgIpc) is 0.781. The van der Waals surface area contributed by atoms with E-state index in [0.717, 1.165) is 38.9 Å². The van der Waals surface area contributed by atoms with Gasteiger partial charge in [0, 0.05) is 0 Å². The summed E-state index contributed by atoms with van der Waals surface area (Å²) >= 11 is 0. The predicted octanol–water partition coefficient (Wildman–Crippen LogP) is 12.8. The van der Waals surface area contributed by atoms with Gasteiger partial charge in [0.2, 0.25) is 0 Å². The zero-order valence-corrected chi connectivity index (χ0v) is 59.2. The zero-order valence-electron chi connectivity index (χ0n) is 59.2. The summed E-state index contributed by atoms with van der Waals surface area (Å²) in [6.45, 7) is 15.1. The Kier molecular flexibility index (Phi) is 27.5. The minimum Gasteiger partial charge on any atom is -0.455 e. The Bertz CT molecular complexity index is 3570. The van der Waals surface area contributed by atoms with Gasteiger partial charge in [-0.1, -0.05) is 212 Å². The lowest BCUT2D eigenvalue weighted by Crippen LogP contribution is -2.66. The highest BCUT2D eigenvalue weighted by molar-refractivity contribution is 5.77. The Balaban J connectivity index is 1.05. The van der Waals surface area contributed by atoms with E-state index in [2.05, 4.69) is 0 Å². The molecule has 3 heterocycles. The van der Waals surface area contributed by atoms with Crippen LogP contribution < -0.4 is 0 Å². The summed E-state index contributed by atoms with van der Waals surface area (Å²) in [6.07, 6.45) is -18.9. The fourth-order valence-electron chi connectivity index (χ4n) is 11.6. The summed E-state index contributed by atoms with van der Waals surface area (Å²) in [5.74, 6) is -2.16. The monoisotopic (exact) mass is 1390 g/mol. The molecule has 0 radical (unpaired) electrons. The lowest BCUT2D eigenvalue weighted by molar-refractivity contribution is -0.354. The first kappa shape index (κ1) is 76.1. The molecule has 15 atom stereocenters. The van der Waals surface area contributed by atoms with Crippen LogP contribution in [-0.2, 0) is 132 Å². The smallest absolute Gasteiger partial charge is 0.311 e. The number of benzene rings is 7. The maximum atomic E-state index is 14.7. The van der Waals surface area contributed by atoms with E-state index in [-0.39, 0.29) is 52.9 Å². The maximum Gasteiger partial charge on any atom is 0.311 e. The molecule has 3 aliphatic heterocycles. The molecule has 7 aromatic rings. The van der Waals surface area contributed by atoms with Crippen molar-refractivity contribution in [3.8, 4) is 0 Å². The second-order valence-corrected chi connectivity index (χ2v) is 28.7.